The fraction of sp³-hybridized carbons (Fsp3) is 0. The smallest absolute Gasteiger partial charge is 0.257 e. The van der Waals surface area contributed by atoms with Crippen LogP contribution in [0.15, 0.2) is 70.7 Å². The Bertz CT molecular complexity index is 1100. The van der Waals surface area contributed by atoms with E-state index in [1.807, 2.05) is 0 Å². The molecule has 3 rings (SSSR count). The molecule has 0 aliphatic carbocycles. The first-order chi connectivity index (χ1) is 12.8. The van der Waals surface area contributed by atoms with Gasteiger partial charge in [-0.15, -0.1) is 0 Å². The summed E-state index contributed by atoms with van der Waals surface area (Å²) in [6.07, 6.45) is 1.06. The lowest BCUT2D eigenvalue weighted by molar-refractivity contribution is 0.102. The van der Waals surface area contributed by atoms with Gasteiger partial charge in [0.2, 0.25) is 9.84 Å². The summed E-state index contributed by atoms with van der Waals surface area (Å²) < 4.78 is 51.5. The quantitative estimate of drug-likeness (QED) is 0.705. The molecule has 1 heterocycles. The van der Waals surface area contributed by atoms with E-state index in [-0.39, 0.29) is 21.2 Å². The highest BCUT2D eigenvalue weighted by molar-refractivity contribution is 7.91. The molecule has 5 nitrogen and oxygen atoms in total. The van der Waals surface area contributed by atoms with Crippen LogP contribution in [0.25, 0.3) is 0 Å². The number of nitrogens with one attached hydrogen (secondary N) is 1. The first kappa shape index (κ1) is 18.9. The Morgan fingerprint density at radius 3 is 2.30 bits per heavy atom. The van der Waals surface area contributed by atoms with Gasteiger partial charge >= 0.3 is 0 Å². The minimum Gasteiger partial charge on any atom is -0.319 e. The number of hydrogen-bond acceptors (Lipinski definition) is 4. The lowest BCUT2D eigenvalue weighted by Gasteiger charge is -2.08. The van der Waals surface area contributed by atoms with Crippen molar-refractivity contribution in [2.75, 3.05) is 5.32 Å². The van der Waals surface area contributed by atoms with Gasteiger partial charge in [0.25, 0.3) is 5.91 Å². The monoisotopic (exact) mass is 408 g/mol. The number of halogens is 3. The fourth-order valence-electron chi connectivity index (χ4n) is 2.19. The van der Waals surface area contributed by atoms with E-state index >= 15 is 0 Å². The van der Waals surface area contributed by atoms with Gasteiger partial charge < -0.3 is 5.32 Å². The van der Waals surface area contributed by atoms with Crippen molar-refractivity contribution in [3.05, 3.63) is 83.0 Å². The first-order valence-electron chi connectivity index (χ1n) is 7.50. The topological polar surface area (TPSA) is 76.1 Å². The number of nitrogens with zero attached hydrogens (tertiary/aromatic N) is 1. The fourth-order valence-corrected chi connectivity index (χ4v) is 3.49. The number of benzene rings is 2. The number of amides is 1. The SMILES string of the molecule is O=C(Nc1ccc(F)cc1F)c1ccc(S(=O)(=O)c2ccc(Cl)cc2)nc1. The molecule has 0 aliphatic heterocycles. The van der Waals surface area contributed by atoms with Crippen molar-refractivity contribution in [2.45, 2.75) is 9.92 Å². The van der Waals surface area contributed by atoms with E-state index in [2.05, 4.69) is 10.3 Å². The molecule has 0 spiro atoms. The molecule has 27 heavy (non-hydrogen) atoms. The van der Waals surface area contributed by atoms with Gasteiger partial charge in [-0.2, -0.15) is 0 Å². The lowest BCUT2D eigenvalue weighted by Crippen LogP contribution is -2.14. The Morgan fingerprint density at radius 1 is 1.00 bits per heavy atom. The predicted molar refractivity (Wildman–Crippen MR) is 95.5 cm³/mol. The molecule has 0 bridgehead atoms. The van der Waals surface area contributed by atoms with Gasteiger partial charge in [-0.05, 0) is 48.5 Å². The summed E-state index contributed by atoms with van der Waals surface area (Å²) in [5.74, 6) is -2.43. The molecule has 9 heteroatoms. The van der Waals surface area contributed by atoms with Crippen LogP contribution in [-0.2, 0) is 9.84 Å². The second-order valence-corrected chi connectivity index (χ2v) is 7.75. The summed E-state index contributed by atoms with van der Waals surface area (Å²) in [7, 11) is -3.87. The maximum absolute atomic E-state index is 13.6. The first-order valence-corrected chi connectivity index (χ1v) is 9.36. The second kappa shape index (κ2) is 7.42. The van der Waals surface area contributed by atoms with Crippen molar-refractivity contribution in [1.29, 1.82) is 0 Å². The number of aromatic nitrogens is 1. The van der Waals surface area contributed by atoms with Crippen molar-refractivity contribution in [1.82, 2.24) is 4.98 Å². The van der Waals surface area contributed by atoms with Crippen LogP contribution in [0.2, 0.25) is 5.02 Å². The molecule has 0 aliphatic rings. The Morgan fingerprint density at radius 2 is 1.70 bits per heavy atom. The van der Waals surface area contributed by atoms with Crippen molar-refractivity contribution in [2.24, 2.45) is 0 Å². The van der Waals surface area contributed by atoms with Gasteiger partial charge in [0, 0.05) is 17.3 Å². The Balaban J connectivity index is 1.82. The summed E-state index contributed by atoms with van der Waals surface area (Å²) in [5.41, 5.74) is -0.201. The minimum atomic E-state index is -3.87. The third-order valence-corrected chi connectivity index (χ3v) is 5.51. The van der Waals surface area contributed by atoms with Crippen LogP contribution in [0.1, 0.15) is 10.4 Å². The molecule has 0 radical (unpaired) electrons. The minimum absolute atomic E-state index is 0.00462. The van der Waals surface area contributed by atoms with Gasteiger partial charge in [0.15, 0.2) is 5.03 Å². The van der Waals surface area contributed by atoms with E-state index in [1.165, 1.54) is 36.4 Å². The molecule has 1 aromatic heterocycles. The van der Waals surface area contributed by atoms with E-state index < -0.39 is 27.4 Å². The van der Waals surface area contributed by atoms with Gasteiger partial charge in [-0.1, -0.05) is 11.6 Å². The summed E-state index contributed by atoms with van der Waals surface area (Å²) in [6.45, 7) is 0. The number of hydrogen-bond donors (Lipinski definition) is 1. The summed E-state index contributed by atoms with van der Waals surface area (Å²) in [5, 5.41) is 2.40. The number of sulfone groups is 1. The van der Waals surface area contributed by atoms with Gasteiger partial charge in [0.05, 0.1) is 16.1 Å². The van der Waals surface area contributed by atoms with E-state index in [9.17, 15) is 22.0 Å². The average molecular weight is 409 g/mol. The Labute approximate surface area is 158 Å². The van der Waals surface area contributed by atoms with Crippen LogP contribution in [0, 0.1) is 11.6 Å². The molecule has 2 aromatic carbocycles. The molecule has 1 N–H and O–H groups in total. The predicted octanol–water partition coefficient (Wildman–Crippen LogP) is 4.10. The molecule has 0 atom stereocenters. The van der Waals surface area contributed by atoms with Crippen LogP contribution in [0.3, 0.4) is 0 Å². The van der Waals surface area contributed by atoms with Gasteiger partial charge in [0.1, 0.15) is 11.6 Å². The molecule has 0 saturated carbocycles. The normalized spacial score (nSPS) is 11.2. The summed E-state index contributed by atoms with van der Waals surface area (Å²) in [6, 6.07) is 10.7. The third kappa shape index (κ3) is 4.12. The van der Waals surface area contributed by atoms with E-state index in [4.69, 9.17) is 11.6 Å². The van der Waals surface area contributed by atoms with Gasteiger partial charge in [-0.3, -0.25) is 4.79 Å². The van der Waals surface area contributed by atoms with Gasteiger partial charge in [-0.25, -0.2) is 22.2 Å². The van der Waals surface area contributed by atoms with E-state index in [0.717, 1.165) is 18.3 Å². The highest BCUT2D eigenvalue weighted by atomic mass is 35.5. The van der Waals surface area contributed by atoms with E-state index in [0.29, 0.717) is 11.1 Å². The van der Waals surface area contributed by atoms with Crippen LogP contribution in [-0.4, -0.2) is 19.3 Å². The zero-order valence-electron chi connectivity index (χ0n) is 13.5. The van der Waals surface area contributed by atoms with Crippen molar-refractivity contribution in [3.63, 3.8) is 0 Å². The summed E-state index contributed by atoms with van der Waals surface area (Å²) >= 11 is 5.75. The number of carbonyl (C=O) groups is 1. The lowest BCUT2D eigenvalue weighted by atomic mass is 10.2. The molecule has 0 unspecified atom stereocenters. The largest absolute Gasteiger partial charge is 0.319 e. The molecule has 1 amide bonds. The average Bonchev–Trinajstić information content (AvgIpc) is 2.64. The van der Waals surface area contributed by atoms with Crippen LogP contribution < -0.4 is 5.32 Å². The zero-order chi connectivity index (χ0) is 19.6. The standard InChI is InChI=1S/C18H11ClF2N2O3S/c19-12-2-5-14(6-3-12)27(25,26)17-8-1-11(10-22-17)18(24)23-16-7-4-13(20)9-15(16)21/h1-10H,(H,23,24). The number of anilines is 1. The Hall–Kier alpha value is -2.84. The summed E-state index contributed by atoms with van der Waals surface area (Å²) in [4.78, 5) is 16.0. The molecular formula is C18H11ClF2N2O3S. The zero-order valence-corrected chi connectivity index (χ0v) is 15.1. The maximum Gasteiger partial charge on any atom is 0.257 e. The highest BCUT2D eigenvalue weighted by Gasteiger charge is 2.20. The molecule has 138 valence electrons. The molecule has 3 aromatic rings. The third-order valence-electron chi connectivity index (χ3n) is 3.58. The number of pyridine rings is 1. The van der Waals surface area contributed by atoms with Crippen molar-refractivity contribution in [3.8, 4) is 0 Å². The highest BCUT2D eigenvalue weighted by Crippen LogP contribution is 2.21. The number of carbonyl (C=O) groups excluding carboxylic acids is 1. The van der Waals surface area contributed by atoms with Crippen molar-refractivity contribution >= 4 is 33.0 Å². The van der Waals surface area contributed by atoms with E-state index in [1.54, 1.807) is 0 Å². The van der Waals surface area contributed by atoms with Crippen LogP contribution >= 0.6 is 11.6 Å². The Kier molecular flexibility index (Phi) is 5.20. The molecule has 0 fully saturated rings. The maximum atomic E-state index is 13.6. The van der Waals surface area contributed by atoms with Crippen LogP contribution in [0.5, 0.6) is 0 Å². The molecule has 0 saturated heterocycles. The van der Waals surface area contributed by atoms with Crippen LogP contribution in [0.4, 0.5) is 14.5 Å². The number of rotatable bonds is 4. The van der Waals surface area contributed by atoms with Crippen molar-refractivity contribution < 1.29 is 22.0 Å². The second-order valence-electron chi connectivity index (χ2n) is 5.42. The molecular weight excluding hydrogens is 398 g/mol.